The molecule has 0 bridgehead atoms. The molecule has 1 amide bonds. The standard InChI is InChI=1S/C7H14N2O4S/c1-6(10)5-7(11)8-3-4-9-14(2,12)13/h9H,3-5H2,1-2H3,(H,8,11). The van der Waals surface area contributed by atoms with Crippen LogP contribution in [0.4, 0.5) is 0 Å². The summed E-state index contributed by atoms with van der Waals surface area (Å²) in [5.74, 6) is -0.619. The van der Waals surface area contributed by atoms with Gasteiger partial charge in [-0.2, -0.15) is 0 Å². The lowest BCUT2D eigenvalue weighted by Gasteiger charge is -2.03. The number of Topliss-reactive ketones (excluding diaryl/α,β-unsaturated/α-hetero) is 1. The SMILES string of the molecule is CC(=O)CC(=O)NCCNS(C)(=O)=O. The first-order chi connectivity index (χ1) is 6.31. The first-order valence-corrected chi connectivity index (χ1v) is 5.91. The molecule has 0 atom stereocenters. The molecule has 82 valence electrons. The van der Waals surface area contributed by atoms with Crippen molar-refractivity contribution in [2.24, 2.45) is 0 Å². The molecule has 6 nitrogen and oxygen atoms in total. The van der Waals surface area contributed by atoms with Crippen molar-refractivity contribution in [2.75, 3.05) is 19.3 Å². The second-order valence-electron chi connectivity index (χ2n) is 2.90. The van der Waals surface area contributed by atoms with E-state index >= 15 is 0 Å². The summed E-state index contributed by atoms with van der Waals surface area (Å²) in [5.41, 5.74) is 0. The minimum atomic E-state index is -3.21. The fourth-order valence-corrected chi connectivity index (χ4v) is 1.20. The zero-order chi connectivity index (χ0) is 11.2. The van der Waals surface area contributed by atoms with Gasteiger partial charge in [-0.05, 0) is 6.92 Å². The number of sulfonamides is 1. The third-order valence-electron chi connectivity index (χ3n) is 1.22. The highest BCUT2D eigenvalue weighted by Crippen LogP contribution is 1.80. The predicted molar refractivity (Wildman–Crippen MR) is 51.2 cm³/mol. The van der Waals surface area contributed by atoms with E-state index in [1.807, 2.05) is 0 Å². The fraction of sp³-hybridized carbons (Fsp3) is 0.714. The third kappa shape index (κ3) is 9.14. The first-order valence-electron chi connectivity index (χ1n) is 4.02. The molecule has 0 unspecified atom stereocenters. The van der Waals surface area contributed by atoms with E-state index in [1.165, 1.54) is 6.92 Å². The van der Waals surface area contributed by atoms with E-state index in [1.54, 1.807) is 0 Å². The lowest BCUT2D eigenvalue weighted by molar-refractivity contribution is -0.127. The number of carbonyl (C=O) groups excluding carboxylic acids is 2. The van der Waals surface area contributed by atoms with Crippen LogP contribution >= 0.6 is 0 Å². The molecule has 14 heavy (non-hydrogen) atoms. The van der Waals surface area contributed by atoms with Crippen LogP contribution in [0, 0.1) is 0 Å². The summed E-state index contributed by atoms with van der Waals surface area (Å²) in [5, 5.41) is 2.40. The number of amides is 1. The summed E-state index contributed by atoms with van der Waals surface area (Å²) in [6, 6.07) is 0. The van der Waals surface area contributed by atoms with Crippen molar-refractivity contribution in [2.45, 2.75) is 13.3 Å². The molecular weight excluding hydrogens is 208 g/mol. The number of rotatable bonds is 6. The summed E-state index contributed by atoms with van der Waals surface area (Å²) in [6.07, 6.45) is 0.864. The van der Waals surface area contributed by atoms with Gasteiger partial charge in [0.05, 0.1) is 12.7 Å². The Hall–Kier alpha value is -0.950. The molecule has 0 saturated heterocycles. The predicted octanol–water partition coefficient (Wildman–Crippen LogP) is -1.37. The van der Waals surface area contributed by atoms with E-state index in [0.717, 1.165) is 6.26 Å². The molecule has 0 spiro atoms. The molecule has 0 aliphatic rings. The monoisotopic (exact) mass is 222 g/mol. The molecule has 0 aliphatic carbocycles. The molecule has 0 saturated carbocycles. The zero-order valence-electron chi connectivity index (χ0n) is 8.16. The van der Waals surface area contributed by atoms with E-state index in [-0.39, 0.29) is 25.3 Å². The van der Waals surface area contributed by atoms with Crippen molar-refractivity contribution < 1.29 is 18.0 Å². The van der Waals surface area contributed by atoms with Crippen LogP contribution in [-0.4, -0.2) is 39.5 Å². The van der Waals surface area contributed by atoms with Gasteiger partial charge < -0.3 is 5.32 Å². The Morgan fingerprint density at radius 1 is 1.21 bits per heavy atom. The normalized spacial score (nSPS) is 11.0. The number of hydrogen-bond acceptors (Lipinski definition) is 4. The molecule has 7 heteroatoms. The highest BCUT2D eigenvalue weighted by atomic mass is 32.2. The van der Waals surface area contributed by atoms with Crippen LogP contribution < -0.4 is 10.0 Å². The third-order valence-corrected chi connectivity index (χ3v) is 1.95. The zero-order valence-corrected chi connectivity index (χ0v) is 8.98. The quantitative estimate of drug-likeness (QED) is 0.428. The Morgan fingerprint density at radius 2 is 1.79 bits per heavy atom. The van der Waals surface area contributed by atoms with Crippen LogP contribution in [0.2, 0.25) is 0 Å². The Balaban J connectivity index is 3.56. The minimum Gasteiger partial charge on any atom is -0.354 e. The summed E-state index contributed by atoms with van der Waals surface area (Å²) >= 11 is 0. The summed E-state index contributed by atoms with van der Waals surface area (Å²) < 4.78 is 23.4. The molecule has 0 radical (unpaired) electrons. The van der Waals surface area contributed by atoms with Crippen LogP contribution in [-0.2, 0) is 19.6 Å². The van der Waals surface area contributed by atoms with Gasteiger partial charge in [0, 0.05) is 13.1 Å². The van der Waals surface area contributed by atoms with Crippen LogP contribution in [0.1, 0.15) is 13.3 Å². The van der Waals surface area contributed by atoms with E-state index in [4.69, 9.17) is 0 Å². The highest BCUT2D eigenvalue weighted by Gasteiger charge is 2.04. The fourth-order valence-electron chi connectivity index (χ4n) is 0.727. The smallest absolute Gasteiger partial charge is 0.227 e. The highest BCUT2D eigenvalue weighted by molar-refractivity contribution is 7.88. The van der Waals surface area contributed by atoms with Gasteiger partial charge in [0.15, 0.2) is 0 Å². The molecule has 0 aromatic rings. The number of hydrogen-bond donors (Lipinski definition) is 2. The largest absolute Gasteiger partial charge is 0.354 e. The first kappa shape index (κ1) is 13.1. The summed E-state index contributed by atoms with van der Waals surface area (Å²) in [7, 11) is -3.21. The van der Waals surface area contributed by atoms with E-state index in [9.17, 15) is 18.0 Å². The Labute approximate surface area is 83.1 Å². The average molecular weight is 222 g/mol. The average Bonchev–Trinajstić information content (AvgIpc) is 1.95. The number of carbonyl (C=O) groups is 2. The van der Waals surface area contributed by atoms with Gasteiger partial charge in [-0.25, -0.2) is 13.1 Å². The van der Waals surface area contributed by atoms with Crippen LogP contribution in [0.5, 0.6) is 0 Å². The van der Waals surface area contributed by atoms with Crippen molar-refractivity contribution in [3.8, 4) is 0 Å². The maximum Gasteiger partial charge on any atom is 0.227 e. The molecule has 0 rings (SSSR count). The minimum absolute atomic E-state index is 0.127. The summed E-state index contributed by atoms with van der Waals surface area (Å²) in [4.78, 5) is 21.3. The Kier molecular flexibility index (Phi) is 5.32. The second kappa shape index (κ2) is 5.71. The van der Waals surface area contributed by atoms with E-state index in [2.05, 4.69) is 10.0 Å². The number of ketones is 1. The summed E-state index contributed by atoms with van der Waals surface area (Å²) in [6.45, 7) is 1.62. The molecule has 0 aromatic carbocycles. The topological polar surface area (TPSA) is 92.3 Å². The lowest BCUT2D eigenvalue weighted by Crippen LogP contribution is -2.34. The maximum absolute atomic E-state index is 10.9. The second-order valence-corrected chi connectivity index (χ2v) is 4.73. The van der Waals surface area contributed by atoms with Crippen molar-refractivity contribution in [3.05, 3.63) is 0 Å². The molecule has 0 aromatic heterocycles. The van der Waals surface area contributed by atoms with Gasteiger partial charge in [-0.3, -0.25) is 9.59 Å². The maximum atomic E-state index is 10.9. The van der Waals surface area contributed by atoms with Crippen LogP contribution in [0.25, 0.3) is 0 Å². The van der Waals surface area contributed by atoms with Crippen molar-refractivity contribution in [1.29, 1.82) is 0 Å². The number of nitrogens with one attached hydrogen (secondary N) is 2. The van der Waals surface area contributed by atoms with Gasteiger partial charge in [0.25, 0.3) is 0 Å². The van der Waals surface area contributed by atoms with Crippen LogP contribution in [0.15, 0.2) is 0 Å². The molecule has 2 N–H and O–H groups in total. The molecule has 0 aliphatic heterocycles. The molecule has 0 fully saturated rings. The van der Waals surface area contributed by atoms with Crippen molar-refractivity contribution in [3.63, 3.8) is 0 Å². The van der Waals surface area contributed by atoms with E-state index < -0.39 is 15.9 Å². The van der Waals surface area contributed by atoms with Gasteiger partial charge in [0.1, 0.15) is 5.78 Å². The molecule has 0 heterocycles. The van der Waals surface area contributed by atoms with Crippen molar-refractivity contribution in [1.82, 2.24) is 10.0 Å². The van der Waals surface area contributed by atoms with Crippen LogP contribution in [0.3, 0.4) is 0 Å². The van der Waals surface area contributed by atoms with Gasteiger partial charge >= 0.3 is 0 Å². The van der Waals surface area contributed by atoms with Gasteiger partial charge in [-0.15, -0.1) is 0 Å². The van der Waals surface area contributed by atoms with Gasteiger partial charge in [0.2, 0.25) is 15.9 Å². The Morgan fingerprint density at radius 3 is 2.21 bits per heavy atom. The Bertz CT molecular complexity index is 310. The van der Waals surface area contributed by atoms with Gasteiger partial charge in [-0.1, -0.05) is 0 Å². The van der Waals surface area contributed by atoms with Crippen molar-refractivity contribution >= 4 is 21.7 Å². The van der Waals surface area contributed by atoms with E-state index in [0.29, 0.717) is 0 Å². The molecular formula is C7H14N2O4S. The lowest BCUT2D eigenvalue weighted by atomic mass is 10.3.